The van der Waals surface area contributed by atoms with Gasteiger partial charge in [-0.1, -0.05) is 6.07 Å². The van der Waals surface area contributed by atoms with Gasteiger partial charge in [-0.15, -0.1) is 0 Å². The molecule has 0 amide bonds. The van der Waals surface area contributed by atoms with Crippen molar-refractivity contribution in [2.24, 2.45) is 5.92 Å². The number of methoxy groups -OCH3 is 1. The first-order valence-electron chi connectivity index (χ1n) is 6.55. The second-order valence-corrected chi connectivity index (χ2v) is 5.11. The predicted octanol–water partition coefficient (Wildman–Crippen LogP) is 3.18. The van der Waals surface area contributed by atoms with E-state index in [1.54, 1.807) is 17.0 Å². The molecular weight excluding hydrogens is 271 g/mol. The average molecular weight is 289 g/mol. The Bertz CT molecular complexity index is 462. The number of rotatable bonds is 3. The number of piperidine rings is 1. The lowest BCUT2D eigenvalue weighted by molar-refractivity contribution is -0.187. The molecule has 1 atom stereocenters. The van der Waals surface area contributed by atoms with Crippen molar-refractivity contribution in [3.63, 3.8) is 0 Å². The fraction of sp³-hybridized carbons (Fsp3) is 0.571. The highest BCUT2D eigenvalue weighted by Gasteiger charge is 2.41. The highest BCUT2D eigenvalue weighted by Crippen LogP contribution is 2.34. The zero-order chi connectivity index (χ0) is 14.8. The topological polar surface area (TPSA) is 32.7 Å². The van der Waals surface area contributed by atoms with Crippen molar-refractivity contribution in [2.45, 2.75) is 25.6 Å². The second kappa shape index (κ2) is 5.91. The fourth-order valence-electron chi connectivity index (χ4n) is 2.51. The lowest BCUT2D eigenvalue weighted by atomic mass is 9.97. The van der Waals surface area contributed by atoms with Gasteiger partial charge in [-0.25, -0.2) is 0 Å². The van der Waals surface area contributed by atoms with Gasteiger partial charge in [-0.2, -0.15) is 13.2 Å². The minimum atomic E-state index is -4.14. The summed E-state index contributed by atoms with van der Waals surface area (Å²) in [7, 11) is 1.49. The number of likely N-dealkylation sites (tertiary alicyclic amines) is 1. The van der Waals surface area contributed by atoms with Crippen LogP contribution in [-0.2, 0) is 6.54 Å². The van der Waals surface area contributed by atoms with Gasteiger partial charge in [-0.05, 0) is 25.5 Å². The highest BCUT2D eigenvalue weighted by atomic mass is 19.4. The third-order valence-electron chi connectivity index (χ3n) is 3.65. The van der Waals surface area contributed by atoms with Gasteiger partial charge in [0.1, 0.15) is 11.5 Å². The molecule has 1 aliphatic heterocycles. The number of halogens is 3. The summed E-state index contributed by atoms with van der Waals surface area (Å²) >= 11 is 0. The van der Waals surface area contributed by atoms with Crippen LogP contribution in [0.2, 0.25) is 0 Å². The van der Waals surface area contributed by atoms with Gasteiger partial charge < -0.3 is 9.84 Å². The molecule has 1 N–H and O–H groups in total. The molecule has 1 aromatic rings. The van der Waals surface area contributed by atoms with E-state index in [0.717, 1.165) is 0 Å². The molecule has 1 unspecified atom stereocenters. The number of hydrogen-bond acceptors (Lipinski definition) is 3. The number of hydrogen-bond donors (Lipinski definition) is 1. The zero-order valence-electron chi connectivity index (χ0n) is 11.3. The van der Waals surface area contributed by atoms with Crippen LogP contribution in [0.1, 0.15) is 18.4 Å². The summed E-state index contributed by atoms with van der Waals surface area (Å²) in [5.74, 6) is -0.687. The molecule has 6 heteroatoms. The van der Waals surface area contributed by atoms with Crippen LogP contribution in [0, 0.1) is 5.92 Å². The number of alkyl halides is 3. The third kappa shape index (κ3) is 3.56. The maximum atomic E-state index is 12.7. The quantitative estimate of drug-likeness (QED) is 0.927. The first-order valence-corrected chi connectivity index (χ1v) is 6.55. The first-order chi connectivity index (χ1) is 9.40. The van der Waals surface area contributed by atoms with Crippen molar-refractivity contribution in [2.75, 3.05) is 20.2 Å². The van der Waals surface area contributed by atoms with Gasteiger partial charge in [0, 0.05) is 24.7 Å². The summed E-state index contributed by atoms with van der Waals surface area (Å²) in [6.07, 6.45) is -3.42. The highest BCUT2D eigenvalue weighted by molar-refractivity contribution is 5.39. The van der Waals surface area contributed by atoms with Crippen molar-refractivity contribution in [1.29, 1.82) is 0 Å². The monoisotopic (exact) mass is 289 g/mol. The lowest BCUT2D eigenvalue weighted by Gasteiger charge is -2.33. The molecule has 2 rings (SSSR count). The molecule has 0 spiro atoms. The van der Waals surface area contributed by atoms with E-state index in [9.17, 15) is 18.3 Å². The summed E-state index contributed by atoms with van der Waals surface area (Å²) in [5.41, 5.74) is 0.619. The van der Waals surface area contributed by atoms with E-state index in [1.807, 2.05) is 0 Å². The molecular formula is C14H18F3NO2. The summed E-state index contributed by atoms with van der Waals surface area (Å²) in [5, 5.41) is 9.85. The smallest absolute Gasteiger partial charge is 0.393 e. The number of phenols is 1. The molecule has 0 aromatic heterocycles. The Balaban J connectivity index is 2.03. The molecule has 1 saturated heterocycles. The Morgan fingerprint density at radius 2 is 2.15 bits per heavy atom. The lowest BCUT2D eigenvalue weighted by Crippen LogP contribution is -2.41. The normalized spacial score (nSPS) is 20.9. The van der Waals surface area contributed by atoms with E-state index in [2.05, 4.69) is 0 Å². The molecule has 112 valence electrons. The molecule has 0 bridgehead atoms. The van der Waals surface area contributed by atoms with E-state index < -0.39 is 12.1 Å². The van der Waals surface area contributed by atoms with Crippen LogP contribution in [0.15, 0.2) is 18.2 Å². The molecule has 1 heterocycles. The molecule has 0 aliphatic carbocycles. The summed E-state index contributed by atoms with van der Waals surface area (Å²) in [6.45, 7) is 0.940. The minimum Gasteiger partial charge on any atom is -0.507 e. The van der Waals surface area contributed by atoms with E-state index in [-0.39, 0.29) is 18.7 Å². The van der Waals surface area contributed by atoms with Crippen LogP contribution in [0.5, 0.6) is 11.5 Å². The molecule has 0 saturated carbocycles. The van der Waals surface area contributed by atoms with Crippen molar-refractivity contribution in [1.82, 2.24) is 4.90 Å². The zero-order valence-corrected chi connectivity index (χ0v) is 11.3. The van der Waals surface area contributed by atoms with Gasteiger partial charge in [0.15, 0.2) is 0 Å². The van der Waals surface area contributed by atoms with Crippen molar-refractivity contribution >= 4 is 0 Å². The fourth-order valence-corrected chi connectivity index (χ4v) is 2.51. The van der Waals surface area contributed by atoms with Gasteiger partial charge in [0.25, 0.3) is 0 Å². The maximum absolute atomic E-state index is 12.7. The van der Waals surface area contributed by atoms with E-state index >= 15 is 0 Å². The first kappa shape index (κ1) is 15.0. The molecule has 0 radical (unpaired) electrons. The number of phenolic OH excluding ortho intramolecular Hbond substituents is 1. The molecule has 20 heavy (non-hydrogen) atoms. The van der Waals surface area contributed by atoms with Crippen LogP contribution < -0.4 is 4.74 Å². The molecule has 1 fully saturated rings. The number of aromatic hydroxyl groups is 1. The summed E-state index contributed by atoms with van der Waals surface area (Å²) in [6, 6.07) is 4.85. The van der Waals surface area contributed by atoms with Crippen molar-refractivity contribution < 1.29 is 23.0 Å². The van der Waals surface area contributed by atoms with Crippen molar-refractivity contribution in [3.05, 3.63) is 23.8 Å². The van der Waals surface area contributed by atoms with E-state index in [1.165, 1.54) is 13.2 Å². The number of nitrogens with zero attached hydrogens (tertiary/aromatic N) is 1. The Kier molecular flexibility index (Phi) is 4.42. The summed E-state index contributed by atoms with van der Waals surface area (Å²) in [4.78, 5) is 1.74. The number of ether oxygens (including phenoxy) is 1. The SMILES string of the molecule is COc1ccc(CN2CCCC(C(F)(F)F)C2)c(O)c1. The van der Waals surface area contributed by atoms with Crippen LogP contribution >= 0.6 is 0 Å². The van der Waals surface area contributed by atoms with Gasteiger partial charge >= 0.3 is 6.18 Å². The van der Waals surface area contributed by atoms with Crippen molar-refractivity contribution in [3.8, 4) is 11.5 Å². The van der Waals surface area contributed by atoms with Gasteiger partial charge in [0.2, 0.25) is 0 Å². The Morgan fingerprint density at radius 3 is 2.75 bits per heavy atom. The van der Waals surface area contributed by atoms with Crippen LogP contribution in [0.25, 0.3) is 0 Å². The standard InChI is InChI=1S/C14H18F3NO2/c1-20-12-5-4-10(13(19)7-12)8-18-6-2-3-11(9-18)14(15,16)17/h4-5,7,11,19H,2-3,6,8-9H2,1H3. The number of benzene rings is 1. The predicted molar refractivity (Wildman–Crippen MR) is 68.7 cm³/mol. The van der Waals surface area contributed by atoms with Crippen LogP contribution in [0.3, 0.4) is 0 Å². The average Bonchev–Trinajstić information content (AvgIpc) is 2.40. The van der Waals surface area contributed by atoms with E-state index in [4.69, 9.17) is 4.74 Å². The largest absolute Gasteiger partial charge is 0.507 e. The second-order valence-electron chi connectivity index (χ2n) is 5.11. The minimum absolute atomic E-state index is 0.00499. The Morgan fingerprint density at radius 1 is 1.40 bits per heavy atom. The van der Waals surface area contributed by atoms with Gasteiger partial charge in [0.05, 0.1) is 13.0 Å². The molecule has 3 nitrogen and oxygen atoms in total. The Labute approximate surface area is 116 Å². The molecule has 1 aliphatic rings. The van der Waals surface area contributed by atoms with Crippen LogP contribution in [-0.4, -0.2) is 36.4 Å². The maximum Gasteiger partial charge on any atom is 0.393 e. The summed E-state index contributed by atoms with van der Waals surface area (Å²) < 4.78 is 43.2. The Hall–Kier alpha value is -1.43. The van der Waals surface area contributed by atoms with Crippen LogP contribution in [0.4, 0.5) is 13.2 Å². The van der Waals surface area contributed by atoms with Gasteiger partial charge in [-0.3, -0.25) is 4.90 Å². The molecule has 1 aromatic carbocycles. The van der Waals surface area contributed by atoms with E-state index in [0.29, 0.717) is 30.8 Å². The third-order valence-corrected chi connectivity index (χ3v) is 3.65.